The molecule has 6 heteroatoms. The van der Waals surface area contributed by atoms with Crippen LogP contribution in [0, 0.1) is 11.6 Å². The highest BCUT2D eigenvalue weighted by Crippen LogP contribution is 2.44. The Hall–Kier alpha value is -3.15. The molecule has 2 aromatic carbocycles. The molecule has 0 amide bonds. The van der Waals surface area contributed by atoms with Crippen LogP contribution >= 0.6 is 0 Å². The minimum Gasteiger partial charge on any atom is -0.507 e. The second-order valence-electron chi connectivity index (χ2n) is 6.13. The molecule has 0 atom stereocenters. The van der Waals surface area contributed by atoms with Crippen molar-refractivity contribution in [3.8, 4) is 17.2 Å². The summed E-state index contributed by atoms with van der Waals surface area (Å²) in [5.74, 6) is -2.52. The molecule has 0 unspecified atom stereocenters. The number of rotatable bonds is 6. The Balaban J connectivity index is 2.76. The summed E-state index contributed by atoms with van der Waals surface area (Å²) >= 11 is 0. The van der Waals surface area contributed by atoms with Crippen molar-refractivity contribution in [2.24, 2.45) is 0 Å². The van der Waals surface area contributed by atoms with Gasteiger partial charge in [-0.1, -0.05) is 17.7 Å². The topological polar surface area (TPSA) is 66.8 Å². The van der Waals surface area contributed by atoms with E-state index in [9.17, 15) is 23.8 Å². The number of carbonyl (C=O) groups excluding carboxylic acids is 1. The van der Waals surface area contributed by atoms with Crippen LogP contribution < -0.4 is 4.74 Å². The molecule has 27 heavy (non-hydrogen) atoms. The van der Waals surface area contributed by atoms with Gasteiger partial charge in [-0.05, 0) is 49.6 Å². The first-order valence-electron chi connectivity index (χ1n) is 8.16. The van der Waals surface area contributed by atoms with Crippen molar-refractivity contribution in [2.75, 3.05) is 7.11 Å². The minimum atomic E-state index is -1.09. The zero-order valence-corrected chi connectivity index (χ0v) is 15.2. The smallest absolute Gasteiger partial charge is 0.159 e. The molecule has 0 aromatic heterocycles. The van der Waals surface area contributed by atoms with E-state index in [0.29, 0.717) is 6.29 Å². The van der Waals surface area contributed by atoms with Gasteiger partial charge in [-0.3, -0.25) is 4.79 Å². The van der Waals surface area contributed by atoms with Crippen LogP contribution in [0.4, 0.5) is 8.78 Å². The average Bonchev–Trinajstić information content (AvgIpc) is 2.61. The molecule has 4 nitrogen and oxygen atoms in total. The Bertz CT molecular complexity index is 926. The maximum absolute atomic E-state index is 13.7. The Morgan fingerprint density at radius 1 is 1.15 bits per heavy atom. The molecule has 0 heterocycles. The minimum absolute atomic E-state index is 0.0868. The van der Waals surface area contributed by atoms with Gasteiger partial charge in [0.2, 0.25) is 0 Å². The van der Waals surface area contributed by atoms with Gasteiger partial charge in [0.15, 0.2) is 11.6 Å². The van der Waals surface area contributed by atoms with Crippen LogP contribution in [0.3, 0.4) is 0 Å². The SMILES string of the molecule is COc1cc(O)c(CC=C(C)C)c(O)c1/C(=C/C=O)c1ccc(F)c(F)c1. The number of ether oxygens (including phenoxy) is 1. The summed E-state index contributed by atoms with van der Waals surface area (Å²) in [6.07, 6.45) is 3.64. The molecule has 0 aliphatic heterocycles. The Kier molecular flexibility index (Phi) is 6.34. The number of aldehydes is 1. The summed E-state index contributed by atoms with van der Waals surface area (Å²) in [4.78, 5) is 11.2. The predicted molar refractivity (Wildman–Crippen MR) is 99.0 cm³/mol. The number of aromatic hydroxyl groups is 2. The third-order valence-electron chi connectivity index (χ3n) is 4.02. The number of allylic oxidation sites excluding steroid dienone is 3. The van der Waals surface area contributed by atoms with Gasteiger partial charge in [-0.25, -0.2) is 8.78 Å². The van der Waals surface area contributed by atoms with Crippen molar-refractivity contribution >= 4 is 11.9 Å². The van der Waals surface area contributed by atoms with E-state index in [4.69, 9.17) is 4.74 Å². The molecule has 2 rings (SSSR count). The lowest BCUT2D eigenvalue weighted by Crippen LogP contribution is -1.99. The van der Waals surface area contributed by atoms with Crippen molar-refractivity contribution in [3.05, 3.63) is 70.3 Å². The van der Waals surface area contributed by atoms with Crippen LogP contribution in [0.25, 0.3) is 5.57 Å². The molecule has 0 fully saturated rings. The van der Waals surface area contributed by atoms with Crippen LogP contribution in [0.15, 0.2) is 42.0 Å². The third-order valence-corrected chi connectivity index (χ3v) is 4.02. The first kappa shape index (κ1) is 20.2. The Morgan fingerprint density at radius 3 is 2.41 bits per heavy atom. The molecule has 142 valence electrons. The molecule has 0 aliphatic carbocycles. The van der Waals surface area contributed by atoms with Gasteiger partial charge in [0.25, 0.3) is 0 Å². The second-order valence-corrected chi connectivity index (χ2v) is 6.13. The van der Waals surface area contributed by atoms with Crippen molar-refractivity contribution in [3.63, 3.8) is 0 Å². The molecule has 0 saturated heterocycles. The first-order chi connectivity index (χ1) is 12.8. The number of benzene rings is 2. The van der Waals surface area contributed by atoms with Crippen molar-refractivity contribution in [2.45, 2.75) is 20.3 Å². The van der Waals surface area contributed by atoms with Gasteiger partial charge in [0, 0.05) is 11.6 Å². The lowest BCUT2D eigenvalue weighted by Gasteiger charge is -2.18. The standard InChI is InChI=1S/C21H20F2O4/c1-12(2)4-6-15-18(25)11-19(27-3)20(21(15)26)14(8-9-24)13-5-7-16(22)17(23)10-13/h4-5,7-11,25-26H,6H2,1-3H3/b14-8+. The van der Waals surface area contributed by atoms with Crippen LogP contribution in [0.2, 0.25) is 0 Å². The van der Waals surface area contributed by atoms with Crippen molar-refractivity contribution in [1.82, 2.24) is 0 Å². The van der Waals surface area contributed by atoms with E-state index in [0.717, 1.165) is 23.8 Å². The lowest BCUT2D eigenvalue weighted by molar-refractivity contribution is -0.104. The summed E-state index contributed by atoms with van der Waals surface area (Å²) in [7, 11) is 1.33. The largest absolute Gasteiger partial charge is 0.507 e. The molecule has 2 N–H and O–H groups in total. The fourth-order valence-electron chi connectivity index (χ4n) is 2.66. The molecule has 0 saturated carbocycles. The summed E-state index contributed by atoms with van der Waals surface area (Å²) in [6.45, 7) is 3.75. The number of carbonyl (C=O) groups is 1. The van der Waals surface area contributed by atoms with E-state index < -0.39 is 11.6 Å². The number of halogens is 2. The highest BCUT2D eigenvalue weighted by atomic mass is 19.2. The number of methoxy groups -OCH3 is 1. The molecule has 0 bridgehead atoms. The van der Waals surface area contributed by atoms with Crippen LogP contribution in [-0.4, -0.2) is 23.6 Å². The molecule has 0 aliphatic rings. The van der Waals surface area contributed by atoms with E-state index in [2.05, 4.69) is 0 Å². The van der Waals surface area contributed by atoms with E-state index in [1.54, 1.807) is 0 Å². The molecule has 2 aromatic rings. The molecular formula is C21H20F2O4. The summed E-state index contributed by atoms with van der Waals surface area (Å²) in [6, 6.07) is 4.44. The molecule has 0 radical (unpaired) electrons. The van der Waals surface area contributed by atoms with Gasteiger partial charge in [-0.2, -0.15) is 0 Å². The Labute approximate surface area is 156 Å². The van der Waals surface area contributed by atoms with Crippen LogP contribution in [0.5, 0.6) is 17.2 Å². The highest BCUT2D eigenvalue weighted by Gasteiger charge is 2.22. The monoisotopic (exact) mass is 374 g/mol. The summed E-state index contributed by atoms with van der Waals surface area (Å²) in [5, 5.41) is 21.0. The van der Waals surface area contributed by atoms with Crippen molar-refractivity contribution in [1.29, 1.82) is 0 Å². The van der Waals surface area contributed by atoms with Gasteiger partial charge in [0.1, 0.15) is 23.5 Å². The van der Waals surface area contributed by atoms with Gasteiger partial charge in [0.05, 0.1) is 12.7 Å². The molecule has 0 spiro atoms. The summed E-state index contributed by atoms with van der Waals surface area (Å²) in [5.41, 5.74) is 1.62. The van der Waals surface area contributed by atoms with Gasteiger partial charge < -0.3 is 14.9 Å². The number of phenolic OH excluding ortho intramolecular Hbond substituents is 2. The first-order valence-corrected chi connectivity index (χ1v) is 8.16. The maximum Gasteiger partial charge on any atom is 0.159 e. The van der Waals surface area contributed by atoms with Gasteiger partial charge in [-0.15, -0.1) is 0 Å². The van der Waals surface area contributed by atoms with E-state index in [1.165, 1.54) is 19.2 Å². The van der Waals surface area contributed by atoms with Crippen LogP contribution in [0.1, 0.15) is 30.5 Å². The van der Waals surface area contributed by atoms with E-state index in [1.807, 2.05) is 19.9 Å². The normalized spacial score (nSPS) is 11.2. The third kappa shape index (κ3) is 4.34. The maximum atomic E-state index is 13.7. The number of phenols is 2. The van der Waals surface area contributed by atoms with Crippen molar-refractivity contribution < 1.29 is 28.5 Å². The number of hydrogen-bond donors (Lipinski definition) is 2. The molecular weight excluding hydrogens is 354 g/mol. The zero-order valence-electron chi connectivity index (χ0n) is 15.2. The van der Waals surface area contributed by atoms with E-state index >= 15 is 0 Å². The average molecular weight is 374 g/mol. The fraction of sp³-hybridized carbons (Fsp3) is 0.190. The van der Waals surface area contributed by atoms with E-state index in [-0.39, 0.29) is 45.9 Å². The van der Waals surface area contributed by atoms with Crippen LogP contribution in [-0.2, 0) is 11.2 Å². The predicted octanol–water partition coefficient (Wildman–Crippen LogP) is 4.52. The second kappa shape index (κ2) is 8.49. The highest BCUT2D eigenvalue weighted by molar-refractivity contribution is 5.94. The fourth-order valence-corrected chi connectivity index (χ4v) is 2.66. The lowest BCUT2D eigenvalue weighted by atomic mass is 9.92. The summed E-state index contributed by atoms with van der Waals surface area (Å²) < 4.78 is 32.2. The van der Waals surface area contributed by atoms with Gasteiger partial charge >= 0.3 is 0 Å². The quantitative estimate of drug-likeness (QED) is 0.443. The zero-order chi connectivity index (χ0) is 20.1. The Morgan fingerprint density at radius 2 is 1.85 bits per heavy atom. The number of hydrogen-bond acceptors (Lipinski definition) is 4.